The highest BCUT2D eigenvalue weighted by Crippen LogP contribution is 2.20. The number of hydrogen-bond donors (Lipinski definition) is 0. The summed E-state index contributed by atoms with van der Waals surface area (Å²) in [4.78, 5) is 31.1. The van der Waals surface area contributed by atoms with Gasteiger partial charge in [-0.2, -0.15) is 4.31 Å². The lowest BCUT2D eigenvalue weighted by molar-refractivity contribution is 0.0600. The van der Waals surface area contributed by atoms with Gasteiger partial charge in [-0.05, 0) is 18.2 Å². The van der Waals surface area contributed by atoms with Crippen molar-refractivity contribution >= 4 is 32.3 Å². The largest absolute Gasteiger partial charge is 0.465 e. The summed E-state index contributed by atoms with van der Waals surface area (Å²) in [5.74, 6) is -0.581. The maximum absolute atomic E-state index is 13.0. The first-order valence-corrected chi connectivity index (χ1v) is 11.6. The first kappa shape index (κ1) is 20.7. The van der Waals surface area contributed by atoms with Crippen molar-refractivity contribution < 1.29 is 17.9 Å². The average Bonchev–Trinajstić information content (AvgIpc) is 3.23. The number of methoxy groups -OCH3 is 1. The highest BCUT2D eigenvalue weighted by atomic mass is 32.2. The highest BCUT2D eigenvalue weighted by Gasteiger charge is 2.29. The Morgan fingerprint density at radius 3 is 2.70 bits per heavy atom. The lowest BCUT2D eigenvalue weighted by Crippen LogP contribution is -2.48. The molecule has 3 aromatic rings. The number of carbonyl (C=O) groups excluding carboxylic acids is 1. The maximum Gasteiger partial charge on any atom is 0.337 e. The number of fused-ring (bicyclic) bond motifs is 1. The third-order valence-corrected chi connectivity index (χ3v) is 7.62. The van der Waals surface area contributed by atoms with Gasteiger partial charge in [-0.25, -0.2) is 18.2 Å². The van der Waals surface area contributed by atoms with Gasteiger partial charge >= 0.3 is 5.97 Å². The van der Waals surface area contributed by atoms with E-state index in [0.717, 1.165) is 0 Å². The summed E-state index contributed by atoms with van der Waals surface area (Å²) in [5, 5.41) is 1.81. The quantitative estimate of drug-likeness (QED) is 0.538. The Labute approximate surface area is 177 Å². The monoisotopic (exact) mass is 448 g/mol. The summed E-state index contributed by atoms with van der Waals surface area (Å²) < 4.78 is 33.5. The van der Waals surface area contributed by atoms with Gasteiger partial charge in [0.1, 0.15) is 0 Å². The van der Waals surface area contributed by atoms with Crippen molar-refractivity contribution in [2.75, 3.05) is 33.3 Å². The molecule has 1 saturated heterocycles. The van der Waals surface area contributed by atoms with Gasteiger partial charge in [0, 0.05) is 50.4 Å². The molecule has 158 valence electrons. The molecule has 1 aliphatic rings. The Hall–Kier alpha value is -2.60. The van der Waals surface area contributed by atoms with E-state index in [-0.39, 0.29) is 16.0 Å². The molecule has 11 heteroatoms. The first-order valence-electron chi connectivity index (χ1n) is 9.25. The molecule has 0 N–H and O–H groups in total. The van der Waals surface area contributed by atoms with Crippen LogP contribution in [0.4, 0.5) is 0 Å². The molecule has 0 saturated carbocycles. The second-order valence-electron chi connectivity index (χ2n) is 6.84. The van der Waals surface area contributed by atoms with Crippen LogP contribution >= 0.6 is 11.3 Å². The van der Waals surface area contributed by atoms with Gasteiger partial charge in [-0.3, -0.25) is 14.1 Å². The van der Waals surface area contributed by atoms with E-state index >= 15 is 0 Å². The van der Waals surface area contributed by atoms with Crippen LogP contribution in [0.2, 0.25) is 0 Å². The van der Waals surface area contributed by atoms with E-state index < -0.39 is 16.0 Å². The summed E-state index contributed by atoms with van der Waals surface area (Å²) in [6, 6.07) is 7.37. The normalized spacial score (nSPS) is 16.0. The number of thiazole rings is 1. The number of benzene rings is 1. The SMILES string of the molecule is COC(=O)c1cccc(S(=O)(=O)N2CCN(Cc3cc(=O)n4ccsc4n3)CC2)c1. The van der Waals surface area contributed by atoms with Crippen LogP contribution in [0.3, 0.4) is 0 Å². The highest BCUT2D eigenvalue weighted by molar-refractivity contribution is 7.89. The molecular weight excluding hydrogens is 428 g/mol. The number of nitrogens with zero attached hydrogens (tertiary/aromatic N) is 4. The summed E-state index contributed by atoms with van der Waals surface area (Å²) in [6.07, 6.45) is 1.69. The molecule has 0 amide bonds. The third kappa shape index (κ3) is 4.01. The van der Waals surface area contributed by atoms with Gasteiger partial charge in [0.05, 0.1) is 23.3 Å². The number of rotatable bonds is 5. The van der Waals surface area contributed by atoms with Gasteiger partial charge in [0.25, 0.3) is 5.56 Å². The topological polar surface area (TPSA) is 101 Å². The molecule has 3 heterocycles. The van der Waals surface area contributed by atoms with Crippen LogP contribution in [0.5, 0.6) is 0 Å². The predicted octanol–water partition coefficient (Wildman–Crippen LogP) is 1.05. The number of hydrogen-bond acceptors (Lipinski definition) is 8. The number of piperazine rings is 1. The van der Waals surface area contributed by atoms with E-state index in [4.69, 9.17) is 0 Å². The molecule has 1 aliphatic heterocycles. The Bertz CT molecular complexity index is 1240. The average molecular weight is 449 g/mol. The van der Waals surface area contributed by atoms with Crippen molar-refractivity contribution in [3.8, 4) is 0 Å². The Kier molecular flexibility index (Phi) is 5.69. The summed E-state index contributed by atoms with van der Waals surface area (Å²) in [5.41, 5.74) is 0.742. The predicted molar refractivity (Wildman–Crippen MR) is 111 cm³/mol. The summed E-state index contributed by atoms with van der Waals surface area (Å²) >= 11 is 1.40. The summed E-state index contributed by atoms with van der Waals surface area (Å²) in [6.45, 7) is 2.13. The molecule has 0 bridgehead atoms. The number of aromatic nitrogens is 2. The molecule has 0 spiro atoms. The standard InChI is InChI=1S/C19H20N4O5S2/c1-28-18(25)14-3-2-4-16(11-14)30(26,27)22-7-5-21(6-8-22)13-15-12-17(24)23-9-10-29-19(23)20-15/h2-4,9-12H,5-8,13H2,1H3. The minimum absolute atomic E-state index is 0.0664. The van der Waals surface area contributed by atoms with Gasteiger partial charge < -0.3 is 4.74 Å². The minimum atomic E-state index is -3.72. The molecule has 0 unspecified atom stereocenters. The molecule has 4 rings (SSSR count). The van der Waals surface area contributed by atoms with Crippen LogP contribution in [0.25, 0.3) is 4.96 Å². The molecule has 0 radical (unpaired) electrons. The minimum Gasteiger partial charge on any atom is -0.465 e. The van der Waals surface area contributed by atoms with Gasteiger partial charge in [0.15, 0.2) is 4.96 Å². The second-order valence-corrected chi connectivity index (χ2v) is 9.65. The molecule has 30 heavy (non-hydrogen) atoms. The van der Waals surface area contributed by atoms with E-state index in [1.165, 1.54) is 57.5 Å². The fraction of sp³-hybridized carbons (Fsp3) is 0.316. The molecule has 1 fully saturated rings. The zero-order valence-corrected chi connectivity index (χ0v) is 17.9. The maximum atomic E-state index is 13.0. The molecule has 0 atom stereocenters. The molecule has 1 aromatic carbocycles. The van der Waals surface area contributed by atoms with Crippen LogP contribution in [-0.4, -0.2) is 66.3 Å². The van der Waals surface area contributed by atoms with Crippen molar-refractivity contribution in [2.24, 2.45) is 0 Å². The fourth-order valence-electron chi connectivity index (χ4n) is 3.38. The fourth-order valence-corrected chi connectivity index (χ4v) is 5.58. The zero-order chi connectivity index (χ0) is 21.3. The number of sulfonamides is 1. The van der Waals surface area contributed by atoms with Gasteiger partial charge in [-0.1, -0.05) is 6.07 Å². The Morgan fingerprint density at radius 1 is 1.20 bits per heavy atom. The lowest BCUT2D eigenvalue weighted by atomic mass is 10.2. The summed E-state index contributed by atoms with van der Waals surface area (Å²) in [7, 11) is -2.47. The zero-order valence-electron chi connectivity index (χ0n) is 16.2. The number of carbonyl (C=O) groups is 1. The van der Waals surface area contributed by atoms with Crippen LogP contribution in [-0.2, 0) is 21.3 Å². The number of esters is 1. The Balaban J connectivity index is 1.44. The van der Waals surface area contributed by atoms with E-state index in [1.54, 1.807) is 6.20 Å². The lowest BCUT2D eigenvalue weighted by Gasteiger charge is -2.33. The molecule has 9 nitrogen and oxygen atoms in total. The van der Waals surface area contributed by atoms with Crippen LogP contribution < -0.4 is 5.56 Å². The van der Waals surface area contributed by atoms with Crippen molar-refractivity contribution in [3.63, 3.8) is 0 Å². The Morgan fingerprint density at radius 2 is 1.97 bits per heavy atom. The van der Waals surface area contributed by atoms with E-state index in [2.05, 4.69) is 14.6 Å². The number of ether oxygens (including phenoxy) is 1. The third-order valence-electron chi connectivity index (χ3n) is 4.97. The van der Waals surface area contributed by atoms with Crippen molar-refractivity contribution in [2.45, 2.75) is 11.4 Å². The smallest absolute Gasteiger partial charge is 0.337 e. The van der Waals surface area contributed by atoms with Crippen LogP contribution in [0.1, 0.15) is 16.1 Å². The van der Waals surface area contributed by atoms with Crippen molar-refractivity contribution in [1.29, 1.82) is 0 Å². The molecule has 2 aromatic heterocycles. The van der Waals surface area contributed by atoms with E-state index in [1.807, 2.05) is 5.38 Å². The molecule has 0 aliphatic carbocycles. The molecular formula is C19H20N4O5S2. The van der Waals surface area contributed by atoms with Crippen LogP contribution in [0, 0.1) is 0 Å². The second kappa shape index (κ2) is 8.26. The van der Waals surface area contributed by atoms with Crippen LogP contribution in [0.15, 0.2) is 51.6 Å². The van der Waals surface area contributed by atoms with E-state index in [0.29, 0.717) is 43.4 Å². The van der Waals surface area contributed by atoms with E-state index in [9.17, 15) is 18.0 Å². The van der Waals surface area contributed by atoms with Gasteiger partial charge in [-0.15, -0.1) is 11.3 Å². The van der Waals surface area contributed by atoms with Gasteiger partial charge in [0.2, 0.25) is 10.0 Å². The van der Waals surface area contributed by atoms with Crippen molar-refractivity contribution in [3.05, 3.63) is 63.5 Å². The van der Waals surface area contributed by atoms with Crippen molar-refractivity contribution in [1.82, 2.24) is 18.6 Å². The first-order chi connectivity index (χ1) is 14.4.